The number of aromatic nitrogens is 2. The molecule has 0 saturated carbocycles. The predicted molar refractivity (Wildman–Crippen MR) is 137 cm³/mol. The van der Waals surface area contributed by atoms with Crippen molar-refractivity contribution < 1.29 is 4.79 Å². The topological polar surface area (TPSA) is 62.5 Å². The van der Waals surface area contributed by atoms with Crippen molar-refractivity contribution in [3.05, 3.63) is 87.1 Å². The van der Waals surface area contributed by atoms with Crippen LogP contribution in [0.25, 0.3) is 16.5 Å². The molecule has 0 bridgehead atoms. The zero-order chi connectivity index (χ0) is 23.1. The molecule has 1 aromatic heterocycles. The summed E-state index contributed by atoms with van der Waals surface area (Å²) in [4.78, 5) is 19.8. The molecule has 5 rings (SSSR count). The fourth-order valence-corrected chi connectivity index (χ4v) is 4.59. The van der Waals surface area contributed by atoms with Gasteiger partial charge in [-0.2, -0.15) is 5.10 Å². The average molecular weight is 523 g/mol. The molecule has 0 unspecified atom stereocenters. The van der Waals surface area contributed by atoms with Crippen molar-refractivity contribution >= 4 is 55.7 Å². The maximum atomic E-state index is 13.2. The maximum absolute atomic E-state index is 13.2. The minimum atomic E-state index is -0.281. The van der Waals surface area contributed by atoms with Crippen LogP contribution in [-0.2, 0) is 0 Å². The van der Waals surface area contributed by atoms with E-state index in [0.29, 0.717) is 16.4 Å². The zero-order valence-corrected chi connectivity index (χ0v) is 20.5. The number of aliphatic imine (C=N–C) groups is 1. The number of amidine groups is 1. The largest absolute Gasteiger partial charge is 0.358 e. The van der Waals surface area contributed by atoms with E-state index in [2.05, 4.69) is 42.3 Å². The Morgan fingerprint density at radius 1 is 1.06 bits per heavy atom. The van der Waals surface area contributed by atoms with Crippen LogP contribution in [0.2, 0.25) is 5.02 Å². The van der Waals surface area contributed by atoms with Crippen LogP contribution in [0.4, 0.5) is 5.69 Å². The summed E-state index contributed by atoms with van der Waals surface area (Å²) in [6, 6.07) is 19.4. The highest BCUT2D eigenvalue weighted by molar-refractivity contribution is 9.10. The molecule has 1 aliphatic rings. The van der Waals surface area contributed by atoms with E-state index in [1.54, 1.807) is 10.7 Å². The predicted octanol–water partition coefficient (Wildman–Crippen LogP) is 5.69. The standard InChI is InChI=1S/C25H21BrClN5O/c1-15-11-23(32(30-15)20-7-4-16-12-19(26)6-3-17(16)13-20)25(33)29-22-8-5-18(14-21(22)27)24-28-9-10-31(24)2/h3-8,11-14H,9-10H2,1-2H3,(H,29,33). The molecule has 1 aliphatic heterocycles. The van der Waals surface area contributed by atoms with Crippen LogP contribution in [0.15, 0.2) is 70.1 Å². The van der Waals surface area contributed by atoms with E-state index in [1.807, 2.05) is 62.5 Å². The summed E-state index contributed by atoms with van der Waals surface area (Å²) in [5, 5.41) is 10.1. The van der Waals surface area contributed by atoms with E-state index in [0.717, 1.165) is 51.1 Å². The summed E-state index contributed by atoms with van der Waals surface area (Å²) in [6.45, 7) is 3.53. The van der Waals surface area contributed by atoms with Crippen molar-refractivity contribution in [3.63, 3.8) is 0 Å². The lowest BCUT2D eigenvalue weighted by atomic mass is 10.1. The molecule has 6 nitrogen and oxygen atoms in total. The summed E-state index contributed by atoms with van der Waals surface area (Å²) >= 11 is 10.0. The summed E-state index contributed by atoms with van der Waals surface area (Å²) in [7, 11) is 2.00. The van der Waals surface area contributed by atoms with Gasteiger partial charge in [0, 0.05) is 23.6 Å². The molecule has 0 saturated heterocycles. The smallest absolute Gasteiger partial charge is 0.274 e. The molecule has 3 aromatic carbocycles. The number of benzene rings is 3. The Hall–Kier alpha value is -3.16. The van der Waals surface area contributed by atoms with Crippen molar-refractivity contribution in [2.45, 2.75) is 6.92 Å². The number of hydrogen-bond donors (Lipinski definition) is 1. The first-order valence-corrected chi connectivity index (χ1v) is 11.7. The minimum absolute atomic E-state index is 0.281. The van der Waals surface area contributed by atoms with Gasteiger partial charge in [0.25, 0.3) is 5.91 Å². The molecular weight excluding hydrogens is 502 g/mol. The quantitative estimate of drug-likeness (QED) is 0.374. The molecule has 0 fully saturated rings. The number of fused-ring (bicyclic) bond motifs is 1. The lowest BCUT2D eigenvalue weighted by molar-refractivity contribution is 0.101. The van der Waals surface area contributed by atoms with E-state index in [9.17, 15) is 4.79 Å². The number of anilines is 1. The van der Waals surface area contributed by atoms with Crippen molar-refractivity contribution in [2.24, 2.45) is 4.99 Å². The number of rotatable bonds is 4. The third-order valence-corrected chi connectivity index (χ3v) is 6.43. The lowest BCUT2D eigenvalue weighted by Crippen LogP contribution is -2.23. The first-order chi connectivity index (χ1) is 15.9. The molecule has 0 atom stereocenters. The maximum Gasteiger partial charge on any atom is 0.274 e. The number of nitrogens with zero attached hydrogens (tertiary/aromatic N) is 4. The Bertz CT molecular complexity index is 1430. The van der Waals surface area contributed by atoms with Gasteiger partial charge in [0.05, 0.1) is 28.6 Å². The number of nitrogens with one attached hydrogen (secondary N) is 1. The Morgan fingerprint density at radius 2 is 1.85 bits per heavy atom. The van der Waals surface area contributed by atoms with Crippen LogP contribution in [-0.4, -0.2) is 46.6 Å². The van der Waals surface area contributed by atoms with E-state index in [4.69, 9.17) is 11.6 Å². The Morgan fingerprint density at radius 3 is 2.61 bits per heavy atom. The Kier molecular flexibility index (Phi) is 5.68. The molecule has 1 N–H and O–H groups in total. The highest BCUT2D eigenvalue weighted by Gasteiger charge is 2.19. The van der Waals surface area contributed by atoms with Gasteiger partial charge in [0.1, 0.15) is 11.5 Å². The van der Waals surface area contributed by atoms with E-state index in [-0.39, 0.29) is 5.91 Å². The number of aryl methyl sites for hydroxylation is 1. The van der Waals surface area contributed by atoms with Crippen LogP contribution >= 0.6 is 27.5 Å². The van der Waals surface area contributed by atoms with Gasteiger partial charge in [0.2, 0.25) is 0 Å². The fraction of sp³-hybridized carbons (Fsp3) is 0.160. The molecule has 166 valence electrons. The monoisotopic (exact) mass is 521 g/mol. The second-order valence-electron chi connectivity index (χ2n) is 8.03. The molecule has 0 aliphatic carbocycles. The number of carbonyl (C=O) groups is 1. The van der Waals surface area contributed by atoms with E-state index < -0.39 is 0 Å². The first kappa shape index (κ1) is 21.7. The first-order valence-electron chi connectivity index (χ1n) is 10.5. The molecular formula is C25H21BrClN5O. The second kappa shape index (κ2) is 8.65. The molecule has 2 heterocycles. The summed E-state index contributed by atoms with van der Waals surface area (Å²) in [5.74, 6) is 0.628. The fourth-order valence-electron chi connectivity index (χ4n) is 3.98. The lowest BCUT2D eigenvalue weighted by Gasteiger charge is -2.15. The van der Waals surface area contributed by atoms with Crippen LogP contribution in [0.5, 0.6) is 0 Å². The highest BCUT2D eigenvalue weighted by Crippen LogP contribution is 2.27. The molecule has 8 heteroatoms. The van der Waals surface area contributed by atoms with Gasteiger partial charge in [-0.05, 0) is 66.2 Å². The summed E-state index contributed by atoms with van der Waals surface area (Å²) in [6.07, 6.45) is 0. The number of likely N-dealkylation sites (N-methyl/N-ethyl adjacent to an activating group) is 1. The van der Waals surface area contributed by atoms with Crippen LogP contribution in [0, 0.1) is 6.92 Å². The summed E-state index contributed by atoms with van der Waals surface area (Å²) in [5.41, 5.74) is 3.47. The molecule has 0 radical (unpaired) electrons. The van der Waals surface area contributed by atoms with Crippen LogP contribution < -0.4 is 5.32 Å². The van der Waals surface area contributed by atoms with E-state index >= 15 is 0 Å². The van der Waals surface area contributed by atoms with Gasteiger partial charge in [-0.1, -0.05) is 39.7 Å². The Balaban J connectivity index is 1.44. The van der Waals surface area contributed by atoms with Crippen LogP contribution in [0.3, 0.4) is 0 Å². The number of halogens is 2. The van der Waals surface area contributed by atoms with Gasteiger partial charge >= 0.3 is 0 Å². The Labute approximate surface area is 205 Å². The highest BCUT2D eigenvalue weighted by atomic mass is 79.9. The zero-order valence-electron chi connectivity index (χ0n) is 18.1. The third-order valence-electron chi connectivity index (χ3n) is 5.63. The third kappa shape index (κ3) is 4.26. The average Bonchev–Trinajstić information content (AvgIpc) is 3.40. The molecule has 33 heavy (non-hydrogen) atoms. The van der Waals surface area contributed by atoms with Crippen molar-refractivity contribution in [1.29, 1.82) is 0 Å². The van der Waals surface area contributed by atoms with Crippen molar-refractivity contribution in [3.8, 4) is 5.69 Å². The van der Waals surface area contributed by atoms with Gasteiger partial charge in [0.15, 0.2) is 0 Å². The van der Waals surface area contributed by atoms with Gasteiger partial charge in [-0.3, -0.25) is 9.79 Å². The molecule has 4 aromatic rings. The molecule has 0 spiro atoms. The number of amides is 1. The van der Waals surface area contributed by atoms with Crippen LogP contribution in [0.1, 0.15) is 21.7 Å². The van der Waals surface area contributed by atoms with Gasteiger partial charge in [-0.25, -0.2) is 4.68 Å². The van der Waals surface area contributed by atoms with Gasteiger partial charge in [-0.15, -0.1) is 0 Å². The van der Waals surface area contributed by atoms with Gasteiger partial charge < -0.3 is 10.2 Å². The van der Waals surface area contributed by atoms with Crippen molar-refractivity contribution in [2.75, 3.05) is 25.5 Å². The number of carbonyl (C=O) groups excluding carboxylic acids is 1. The molecule has 1 amide bonds. The second-order valence-corrected chi connectivity index (χ2v) is 9.36. The number of hydrogen-bond acceptors (Lipinski definition) is 4. The van der Waals surface area contributed by atoms with Crippen molar-refractivity contribution in [1.82, 2.24) is 14.7 Å². The minimum Gasteiger partial charge on any atom is -0.358 e. The van der Waals surface area contributed by atoms with E-state index in [1.165, 1.54) is 0 Å². The SMILES string of the molecule is Cc1cc(C(=O)Nc2ccc(C3=NCCN3C)cc2Cl)n(-c2ccc3cc(Br)ccc3c2)n1. The summed E-state index contributed by atoms with van der Waals surface area (Å²) < 4.78 is 2.68. The normalized spacial score (nSPS) is 13.5.